The number of nitrogens with zero attached hydrogens (tertiary/aromatic N) is 1. The van der Waals surface area contributed by atoms with Crippen LogP contribution in [0.2, 0.25) is 0 Å². The van der Waals surface area contributed by atoms with Gasteiger partial charge in [-0.05, 0) is 133 Å². The first-order chi connectivity index (χ1) is 36.4. The van der Waals surface area contributed by atoms with Gasteiger partial charge in [-0.25, -0.2) is 0 Å². The van der Waals surface area contributed by atoms with Gasteiger partial charge in [0.2, 0.25) is 0 Å². The maximum absolute atomic E-state index is 7.28. The van der Waals surface area contributed by atoms with Crippen LogP contribution in [0.1, 0.15) is 47.2 Å². The molecule has 0 atom stereocenters. The van der Waals surface area contributed by atoms with E-state index in [2.05, 4.69) is 237 Å². The first-order valence-electron chi connectivity index (χ1n) is 25.6. The van der Waals surface area contributed by atoms with Crippen LogP contribution in [0.15, 0.2) is 238 Å². The van der Waals surface area contributed by atoms with Crippen molar-refractivity contribution >= 4 is 82.9 Å². The van der Waals surface area contributed by atoms with E-state index in [4.69, 9.17) is 13.3 Å². The summed E-state index contributed by atoms with van der Waals surface area (Å²) >= 11 is 0. The van der Waals surface area contributed by atoms with Gasteiger partial charge in [-0.3, -0.25) is 0 Å². The molecule has 346 valence electrons. The Kier molecular flexibility index (Phi) is 7.71. The number of fused-ring (bicyclic) bond motifs is 22. The van der Waals surface area contributed by atoms with E-state index >= 15 is 0 Å². The topological polar surface area (TPSA) is 42.7 Å². The predicted molar refractivity (Wildman–Crippen MR) is 302 cm³/mol. The molecule has 17 rings (SSSR count). The average molecular weight is 946 g/mol. The first kappa shape index (κ1) is 40.2. The van der Waals surface area contributed by atoms with E-state index < -0.39 is 5.41 Å². The second kappa shape index (κ2) is 14.2. The van der Waals surface area contributed by atoms with E-state index in [1.165, 1.54) is 66.8 Å². The zero-order valence-corrected chi connectivity index (χ0v) is 40.5. The monoisotopic (exact) mass is 945 g/mol. The molecule has 4 heteroatoms. The molecule has 4 nitrogen and oxygen atoms in total. The van der Waals surface area contributed by atoms with Crippen molar-refractivity contribution in [3.63, 3.8) is 0 Å². The predicted octanol–water partition coefficient (Wildman–Crippen LogP) is 19.2. The van der Waals surface area contributed by atoms with Crippen molar-refractivity contribution in [2.45, 2.75) is 24.7 Å². The zero-order chi connectivity index (χ0) is 48.6. The Morgan fingerprint density at radius 2 is 0.851 bits per heavy atom. The van der Waals surface area contributed by atoms with Gasteiger partial charge in [-0.2, -0.15) is 0 Å². The minimum Gasteiger partial charge on any atom is -0.456 e. The Balaban J connectivity index is 0.925. The number of hydrogen-bond acceptors (Lipinski definition) is 4. The molecule has 3 heterocycles. The number of benzene rings is 11. The van der Waals surface area contributed by atoms with Gasteiger partial charge in [-0.15, -0.1) is 0 Å². The largest absolute Gasteiger partial charge is 0.456 e. The molecule has 0 unspecified atom stereocenters. The third kappa shape index (κ3) is 5.02. The quantitative estimate of drug-likeness (QED) is 0.176. The van der Waals surface area contributed by atoms with Crippen LogP contribution in [-0.4, -0.2) is 0 Å². The number of para-hydroxylation sites is 3. The molecule has 3 aliphatic rings. The molecule has 14 aromatic rings. The highest BCUT2D eigenvalue weighted by Crippen LogP contribution is 2.63. The van der Waals surface area contributed by atoms with Crippen molar-refractivity contribution in [3.8, 4) is 44.5 Å². The van der Waals surface area contributed by atoms with Gasteiger partial charge in [0.15, 0.2) is 5.58 Å². The lowest BCUT2D eigenvalue weighted by Gasteiger charge is -2.30. The smallest absolute Gasteiger partial charge is 0.159 e. The van der Waals surface area contributed by atoms with Crippen molar-refractivity contribution in [2.24, 2.45) is 0 Å². The number of rotatable bonds is 4. The lowest BCUT2D eigenvalue weighted by Crippen LogP contribution is -2.25. The van der Waals surface area contributed by atoms with E-state index in [1.54, 1.807) is 0 Å². The minimum atomic E-state index is -0.495. The van der Waals surface area contributed by atoms with Gasteiger partial charge < -0.3 is 18.2 Å². The maximum Gasteiger partial charge on any atom is 0.159 e. The molecule has 0 aliphatic heterocycles. The lowest BCUT2D eigenvalue weighted by molar-refractivity contribution is 0.660. The van der Waals surface area contributed by atoms with Crippen molar-refractivity contribution in [1.29, 1.82) is 0 Å². The molecule has 0 fully saturated rings. The summed E-state index contributed by atoms with van der Waals surface area (Å²) in [6, 6.07) is 82.0. The Hall–Kier alpha value is -9.38. The average Bonchev–Trinajstić information content (AvgIpc) is 4.42. The van der Waals surface area contributed by atoms with Crippen molar-refractivity contribution in [2.75, 3.05) is 4.90 Å². The molecule has 1 spiro atoms. The third-order valence-corrected chi connectivity index (χ3v) is 17.1. The molecule has 0 saturated heterocycles. The van der Waals surface area contributed by atoms with Gasteiger partial charge in [0, 0.05) is 54.7 Å². The number of anilines is 3. The van der Waals surface area contributed by atoms with E-state index in [9.17, 15) is 0 Å². The minimum absolute atomic E-state index is 0.192. The second-order valence-electron chi connectivity index (χ2n) is 21.0. The highest BCUT2D eigenvalue weighted by atomic mass is 16.3. The van der Waals surface area contributed by atoms with Gasteiger partial charge in [0.25, 0.3) is 0 Å². The Labute approximate surface area is 426 Å². The van der Waals surface area contributed by atoms with Crippen molar-refractivity contribution in [3.05, 3.63) is 258 Å². The number of hydrogen-bond donors (Lipinski definition) is 0. The zero-order valence-electron chi connectivity index (χ0n) is 40.5. The fraction of sp³-hybridized carbons (Fsp3) is 0.0571. The van der Waals surface area contributed by atoms with Crippen LogP contribution in [0.4, 0.5) is 17.1 Å². The van der Waals surface area contributed by atoms with Gasteiger partial charge >= 0.3 is 0 Å². The standard InChI is InChI=1S/C70H43NO3/c1-69(2)54-23-9-3-16-43(54)47-34-31-42(38-58(47)69)71(60-27-15-22-50-49-20-7-13-28-61(49)73-67(50)60)41-32-35-63-52(37-41)53-39-64-66(51-21-8-14-29-62(51)72-64)65(68(53)74-63)40-30-33-48-46-19-6-12-26-57(46)70(59(48)36-40)55-24-10-4-17-44(55)45-18-5-11-25-56(45)70/h3-39H,1-2H3. The summed E-state index contributed by atoms with van der Waals surface area (Å²) in [5.74, 6) is 0. The second-order valence-corrected chi connectivity index (χ2v) is 21.0. The SMILES string of the molecule is CC1(C)c2ccccc2-c2ccc(N(c3ccc4oc5c(-c6ccc7c(c6)C6(c8ccccc8-c8ccccc86)c6ccccc6-7)c6c(cc5c4c3)oc3ccccc36)c3cccc4c3oc3ccccc34)cc21. The van der Waals surface area contributed by atoms with Crippen LogP contribution < -0.4 is 4.90 Å². The Morgan fingerprint density at radius 1 is 0.324 bits per heavy atom. The first-order valence-corrected chi connectivity index (χ1v) is 25.6. The third-order valence-electron chi connectivity index (χ3n) is 17.1. The molecular weight excluding hydrogens is 903 g/mol. The summed E-state index contributed by atoms with van der Waals surface area (Å²) < 4.78 is 21.0. The normalized spacial score (nSPS) is 14.3. The molecule has 11 aromatic carbocycles. The summed E-state index contributed by atoms with van der Waals surface area (Å²) in [5.41, 5.74) is 25.0. The maximum atomic E-state index is 7.28. The summed E-state index contributed by atoms with van der Waals surface area (Å²) in [6.07, 6.45) is 0. The fourth-order valence-corrected chi connectivity index (χ4v) is 13.9. The molecule has 0 bridgehead atoms. The van der Waals surface area contributed by atoms with Crippen LogP contribution in [-0.2, 0) is 10.8 Å². The summed E-state index contributed by atoms with van der Waals surface area (Å²) in [4.78, 5) is 2.37. The molecule has 3 aliphatic carbocycles. The summed E-state index contributed by atoms with van der Waals surface area (Å²) in [6.45, 7) is 4.69. The van der Waals surface area contributed by atoms with Crippen LogP contribution in [0.25, 0.3) is 110 Å². The van der Waals surface area contributed by atoms with E-state index in [0.29, 0.717) is 0 Å². The molecule has 0 saturated carbocycles. The van der Waals surface area contributed by atoms with Gasteiger partial charge in [0.1, 0.15) is 27.9 Å². The molecule has 0 radical (unpaired) electrons. The van der Waals surface area contributed by atoms with Crippen LogP contribution in [0.5, 0.6) is 0 Å². The fourth-order valence-electron chi connectivity index (χ4n) is 13.9. The highest BCUT2D eigenvalue weighted by molar-refractivity contribution is 6.24. The van der Waals surface area contributed by atoms with Crippen LogP contribution >= 0.6 is 0 Å². The van der Waals surface area contributed by atoms with E-state index in [1.807, 2.05) is 6.07 Å². The molecule has 0 amide bonds. The molecule has 0 N–H and O–H groups in total. The number of furan rings is 3. The lowest BCUT2D eigenvalue weighted by atomic mass is 9.70. The van der Waals surface area contributed by atoms with E-state index in [0.717, 1.165) is 94.0 Å². The molecule has 3 aromatic heterocycles. The highest BCUT2D eigenvalue weighted by Gasteiger charge is 2.51. The van der Waals surface area contributed by atoms with Gasteiger partial charge in [0.05, 0.1) is 11.1 Å². The van der Waals surface area contributed by atoms with Crippen LogP contribution in [0, 0.1) is 0 Å². The molecule has 74 heavy (non-hydrogen) atoms. The Bertz CT molecular complexity index is 4720. The van der Waals surface area contributed by atoms with E-state index in [-0.39, 0.29) is 5.41 Å². The van der Waals surface area contributed by atoms with Gasteiger partial charge in [-0.1, -0.05) is 178 Å². The van der Waals surface area contributed by atoms with Crippen molar-refractivity contribution < 1.29 is 13.3 Å². The van der Waals surface area contributed by atoms with Crippen LogP contribution in [0.3, 0.4) is 0 Å². The molecular formula is C70H43NO3. The summed E-state index contributed by atoms with van der Waals surface area (Å²) in [5, 5.41) is 6.27. The van der Waals surface area contributed by atoms with Crippen molar-refractivity contribution in [1.82, 2.24) is 0 Å². The summed E-state index contributed by atoms with van der Waals surface area (Å²) in [7, 11) is 0. The Morgan fingerprint density at radius 3 is 1.58 bits per heavy atom.